The zero-order valence-electron chi connectivity index (χ0n) is 15.8. The second-order valence-electron chi connectivity index (χ2n) is 8.68. The predicted octanol–water partition coefficient (Wildman–Crippen LogP) is 6.24. The first-order valence-corrected chi connectivity index (χ1v) is 10.00. The molecule has 2 nitrogen and oxygen atoms in total. The van der Waals surface area contributed by atoms with Crippen molar-refractivity contribution in [2.45, 2.75) is 45.1 Å². The van der Waals surface area contributed by atoms with Crippen LogP contribution in [0.5, 0.6) is 0 Å². The molecule has 0 amide bonds. The molecule has 2 heteroatoms. The Labute approximate surface area is 156 Å². The fourth-order valence-corrected chi connectivity index (χ4v) is 5.91. The maximum absolute atomic E-state index is 4.00. The van der Waals surface area contributed by atoms with Gasteiger partial charge in [0.1, 0.15) is 0 Å². The number of anilines is 2. The van der Waals surface area contributed by atoms with Crippen LogP contribution in [0.25, 0.3) is 0 Å². The summed E-state index contributed by atoms with van der Waals surface area (Å²) >= 11 is 0. The highest BCUT2D eigenvalue weighted by molar-refractivity contribution is 5.65. The lowest BCUT2D eigenvalue weighted by molar-refractivity contribution is 0.247. The molecule has 0 aromatic heterocycles. The normalized spacial score (nSPS) is 31.1. The minimum absolute atomic E-state index is 0.448. The summed E-state index contributed by atoms with van der Waals surface area (Å²) in [6, 6.07) is 16.5. The largest absolute Gasteiger partial charge is 0.378 e. The molecule has 1 aliphatic heterocycles. The van der Waals surface area contributed by atoms with Gasteiger partial charge < -0.3 is 10.6 Å². The van der Waals surface area contributed by atoms with E-state index >= 15 is 0 Å². The van der Waals surface area contributed by atoms with Crippen LogP contribution in [0.4, 0.5) is 11.4 Å². The number of hydrogen-bond acceptors (Lipinski definition) is 2. The van der Waals surface area contributed by atoms with E-state index in [9.17, 15) is 0 Å². The average molecular weight is 345 g/mol. The van der Waals surface area contributed by atoms with E-state index in [1.807, 2.05) is 6.92 Å². The Morgan fingerprint density at radius 1 is 1.08 bits per heavy atom. The van der Waals surface area contributed by atoms with Gasteiger partial charge in [0, 0.05) is 17.1 Å². The van der Waals surface area contributed by atoms with Gasteiger partial charge in [0.15, 0.2) is 0 Å². The smallest absolute Gasteiger partial charge is 0.0550 e. The molecule has 26 heavy (non-hydrogen) atoms. The van der Waals surface area contributed by atoms with Crippen molar-refractivity contribution in [1.82, 2.24) is 0 Å². The van der Waals surface area contributed by atoms with Crippen molar-refractivity contribution in [3.05, 3.63) is 71.4 Å². The van der Waals surface area contributed by atoms with E-state index in [1.54, 1.807) is 0 Å². The summed E-state index contributed by atoms with van der Waals surface area (Å²) in [7, 11) is 0. The van der Waals surface area contributed by atoms with Crippen molar-refractivity contribution in [2.24, 2.45) is 17.8 Å². The molecule has 5 rings (SSSR count). The minimum Gasteiger partial charge on any atom is -0.378 e. The molecule has 0 spiro atoms. The van der Waals surface area contributed by atoms with Gasteiger partial charge in [0.05, 0.1) is 6.04 Å². The highest BCUT2D eigenvalue weighted by atomic mass is 15.0. The number of aryl methyl sites for hydroxylation is 1. The summed E-state index contributed by atoms with van der Waals surface area (Å²) in [5, 5.41) is 7.33. The molecular formula is C24H28N2. The number of rotatable bonds is 3. The third-order valence-electron chi connectivity index (χ3n) is 6.88. The van der Waals surface area contributed by atoms with Crippen LogP contribution in [0.1, 0.15) is 54.8 Å². The molecule has 2 fully saturated rings. The average Bonchev–Trinajstić information content (AvgIpc) is 3.24. The maximum atomic E-state index is 4.00. The van der Waals surface area contributed by atoms with Gasteiger partial charge in [0.2, 0.25) is 0 Å². The van der Waals surface area contributed by atoms with Crippen molar-refractivity contribution in [2.75, 3.05) is 10.6 Å². The van der Waals surface area contributed by atoms with Crippen molar-refractivity contribution in [1.29, 1.82) is 0 Å². The highest BCUT2D eigenvalue weighted by Gasteiger charge is 2.53. The van der Waals surface area contributed by atoms with Gasteiger partial charge in [-0.15, -0.1) is 0 Å². The molecule has 0 saturated heterocycles. The third-order valence-corrected chi connectivity index (χ3v) is 6.88. The molecule has 5 atom stereocenters. The molecule has 134 valence electrons. The third kappa shape index (κ3) is 2.46. The standard InChI is InChI=1S/C24H28N2/c1-14(2)25-19-10-11-21-20(13-19)22-17-8-9-18(12-17)23(22)24(26-21)16-6-4-15(3)5-7-16/h4-7,10-11,13,17-18,22-26H,1,8-9,12H2,2-3H3. The first-order chi connectivity index (χ1) is 12.6. The lowest BCUT2D eigenvalue weighted by Crippen LogP contribution is -2.35. The summed E-state index contributed by atoms with van der Waals surface area (Å²) in [6.45, 7) is 8.19. The number of allylic oxidation sites excluding steroid dienone is 1. The first-order valence-electron chi connectivity index (χ1n) is 10.00. The van der Waals surface area contributed by atoms with Crippen LogP contribution in [0.15, 0.2) is 54.7 Å². The molecule has 3 aliphatic rings. The summed E-state index contributed by atoms with van der Waals surface area (Å²) < 4.78 is 0. The van der Waals surface area contributed by atoms with Crippen molar-refractivity contribution in [3.63, 3.8) is 0 Å². The van der Waals surface area contributed by atoms with Crippen LogP contribution < -0.4 is 10.6 Å². The van der Waals surface area contributed by atoms with Crippen LogP contribution in [-0.4, -0.2) is 0 Å². The van der Waals surface area contributed by atoms with E-state index in [1.165, 1.54) is 47.3 Å². The molecule has 2 bridgehead atoms. The Morgan fingerprint density at radius 2 is 1.85 bits per heavy atom. The van der Waals surface area contributed by atoms with Crippen molar-refractivity contribution < 1.29 is 0 Å². The molecule has 2 aromatic rings. The lowest BCUT2D eigenvalue weighted by atomic mass is 9.68. The van der Waals surface area contributed by atoms with Crippen LogP contribution in [-0.2, 0) is 0 Å². The Balaban J connectivity index is 1.58. The molecular weight excluding hydrogens is 316 g/mol. The Bertz CT molecular complexity index is 851. The first kappa shape index (κ1) is 16.0. The van der Waals surface area contributed by atoms with Gasteiger partial charge in [-0.2, -0.15) is 0 Å². The molecule has 2 aliphatic carbocycles. The Hall–Kier alpha value is -2.22. The van der Waals surface area contributed by atoms with Gasteiger partial charge >= 0.3 is 0 Å². The fourth-order valence-electron chi connectivity index (χ4n) is 5.91. The SMILES string of the molecule is C=C(C)Nc1ccc2c(c1)C1C3CCC(C3)C1C(c1ccc(C)cc1)N2. The van der Waals surface area contributed by atoms with Crippen LogP contribution in [0.3, 0.4) is 0 Å². The summed E-state index contributed by atoms with van der Waals surface area (Å²) in [5.74, 6) is 3.15. The van der Waals surface area contributed by atoms with Crippen LogP contribution >= 0.6 is 0 Å². The molecule has 0 radical (unpaired) electrons. The second-order valence-corrected chi connectivity index (χ2v) is 8.68. The van der Waals surface area contributed by atoms with Crippen molar-refractivity contribution >= 4 is 11.4 Å². The van der Waals surface area contributed by atoms with Crippen LogP contribution in [0.2, 0.25) is 0 Å². The summed E-state index contributed by atoms with van der Waals surface area (Å²) in [6.07, 6.45) is 4.23. The van der Waals surface area contributed by atoms with E-state index in [0.29, 0.717) is 12.0 Å². The molecule has 1 heterocycles. The maximum Gasteiger partial charge on any atom is 0.0550 e. The van der Waals surface area contributed by atoms with Crippen molar-refractivity contribution in [3.8, 4) is 0 Å². The summed E-state index contributed by atoms with van der Waals surface area (Å²) in [4.78, 5) is 0. The lowest BCUT2D eigenvalue weighted by Gasteiger charge is -2.43. The monoisotopic (exact) mass is 344 g/mol. The van der Waals surface area contributed by atoms with E-state index < -0.39 is 0 Å². The van der Waals surface area contributed by atoms with E-state index in [-0.39, 0.29) is 0 Å². The van der Waals surface area contributed by atoms with Gasteiger partial charge in [0.25, 0.3) is 0 Å². The quantitative estimate of drug-likeness (QED) is 0.689. The number of nitrogens with one attached hydrogen (secondary N) is 2. The van der Waals surface area contributed by atoms with Gasteiger partial charge in [-0.3, -0.25) is 0 Å². The van der Waals surface area contributed by atoms with E-state index in [0.717, 1.165) is 23.5 Å². The molecule has 2 aromatic carbocycles. The molecule has 2 saturated carbocycles. The minimum atomic E-state index is 0.448. The highest BCUT2D eigenvalue weighted by Crippen LogP contribution is 2.63. The zero-order chi connectivity index (χ0) is 17.8. The predicted molar refractivity (Wildman–Crippen MR) is 109 cm³/mol. The topological polar surface area (TPSA) is 24.1 Å². The Morgan fingerprint density at radius 3 is 2.62 bits per heavy atom. The molecule has 2 N–H and O–H groups in total. The summed E-state index contributed by atoms with van der Waals surface area (Å²) in [5.41, 5.74) is 7.82. The number of fused-ring (bicyclic) bond motifs is 7. The van der Waals surface area contributed by atoms with Gasteiger partial charge in [-0.05, 0) is 86.1 Å². The van der Waals surface area contributed by atoms with E-state index in [4.69, 9.17) is 0 Å². The Kier molecular flexibility index (Phi) is 3.63. The van der Waals surface area contributed by atoms with Gasteiger partial charge in [-0.1, -0.05) is 36.4 Å². The number of hydrogen-bond donors (Lipinski definition) is 2. The van der Waals surface area contributed by atoms with Crippen LogP contribution in [0, 0.1) is 24.7 Å². The zero-order valence-corrected chi connectivity index (χ0v) is 15.8. The second kappa shape index (κ2) is 5.90. The molecule has 5 unspecified atom stereocenters. The van der Waals surface area contributed by atoms with Gasteiger partial charge in [-0.25, -0.2) is 0 Å². The fraction of sp³-hybridized carbons (Fsp3) is 0.417. The number of benzene rings is 2. The van der Waals surface area contributed by atoms with E-state index in [2.05, 4.69) is 66.6 Å².